The third-order valence-electron chi connectivity index (χ3n) is 2.25. The van der Waals surface area contributed by atoms with Crippen LogP contribution in [0.2, 0.25) is 0 Å². The number of hydrogen-bond acceptors (Lipinski definition) is 3. The SMILES string of the molecule is CC(=O)NCC(=O)Nc1ccc(C(=O)O)cc1C. The van der Waals surface area contributed by atoms with E-state index in [-0.39, 0.29) is 23.9 Å². The highest BCUT2D eigenvalue weighted by Crippen LogP contribution is 2.16. The highest BCUT2D eigenvalue weighted by atomic mass is 16.4. The Morgan fingerprint density at radius 2 is 1.94 bits per heavy atom. The third-order valence-corrected chi connectivity index (χ3v) is 2.25. The summed E-state index contributed by atoms with van der Waals surface area (Å²) in [6.07, 6.45) is 0. The second-order valence-electron chi connectivity index (χ2n) is 3.79. The molecule has 0 aliphatic carbocycles. The van der Waals surface area contributed by atoms with E-state index < -0.39 is 5.97 Å². The van der Waals surface area contributed by atoms with Crippen molar-refractivity contribution in [3.05, 3.63) is 29.3 Å². The molecule has 0 spiro atoms. The minimum absolute atomic E-state index is 0.116. The van der Waals surface area contributed by atoms with Crippen LogP contribution in [0.3, 0.4) is 0 Å². The molecule has 0 saturated heterocycles. The number of aromatic carboxylic acids is 1. The van der Waals surface area contributed by atoms with Crippen molar-refractivity contribution < 1.29 is 19.5 Å². The molecular weight excluding hydrogens is 236 g/mol. The van der Waals surface area contributed by atoms with Crippen LogP contribution in [0.5, 0.6) is 0 Å². The van der Waals surface area contributed by atoms with Crippen LogP contribution in [0.15, 0.2) is 18.2 Å². The molecular formula is C12H14N2O4. The summed E-state index contributed by atoms with van der Waals surface area (Å²) in [5, 5.41) is 13.7. The summed E-state index contributed by atoms with van der Waals surface area (Å²) in [7, 11) is 0. The number of benzene rings is 1. The van der Waals surface area contributed by atoms with Crippen molar-refractivity contribution in [3.63, 3.8) is 0 Å². The molecule has 18 heavy (non-hydrogen) atoms. The standard InChI is InChI=1S/C12H14N2O4/c1-7-5-9(12(17)18)3-4-10(7)14-11(16)6-13-8(2)15/h3-5H,6H2,1-2H3,(H,13,15)(H,14,16)(H,17,18). The van der Waals surface area contributed by atoms with Crippen LogP contribution in [0.1, 0.15) is 22.8 Å². The summed E-state index contributed by atoms with van der Waals surface area (Å²) < 4.78 is 0. The second-order valence-corrected chi connectivity index (χ2v) is 3.79. The molecule has 1 aromatic carbocycles. The largest absolute Gasteiger partial charge is 0.478 e. The van der Waals surface area contributed by atoms with Crippen LogP contribution in [0.25, 0.3) is 0 Å². The fourth-order valence-corrected chi connectivity index (χ4v) is 1.34. The fourth-order valence-electron chi connectivity index (χ4n) is 1.34. The van der Waals surface area contributed by atoms with Gasteiger partial charge < -0.3 is 15.7 Å². The normalized spacial score (nSPS) is 9.67. The van der Waals surface area contributed by atoms with Gasteiger partial charge in [0.05, 0.1) is 12.1 Å². The third kappa shape index (κ3) is 3.89. The molecule has 1 aromatic rings. The Hall–Kier alpha value is -2.37. The first-order valence-electron chi connectivity index (χ1n) is 5.28. The molecule has 0 aliphatic heterocycles. The lowest BCUT2D eigenvalue weighted by molar-refractivity contribution is -0.122. The Kier molecular flexibility index (Phi) is 4.42. The van der Waals surface area contributed by atoms with Gasteiger partial charge in [-0.25, -0.2) is 4.79 Å². The number of carboxylic acid groups (broad SMARTS) is 1. The van der Waals surface area contributed by atoms with E-state index in [1.54, 1.807) is 6.92 Å². The molecule has 6 nitrogen and oxygen atoms in total. The van der Waals surface area contributed by atoms with Crippen LogP contribution in [0, 0.1) is 6.92 Å². The predicted molar refractivity (Wildman–Crippen MR) is 65.5 cm³/mol. The summed E-state index contributed by atoms with van der Waals surface area (Å²) in [5.41, 5.74) is 1.33. The molecule has 0 radical (unpaired) electrons. The quantitative estimate of drug-likeness (QED) is 0.735. The van der Waals surface area contributed by atoms with Crippen molar-refractivity contribution in [2.75, 3.05) is 11.9 Å². The Labute approximate surface area is 104 Å². The van der Waals surface area contributed by atoms with Gasteiger partial charge in [-0.3, -0.25) is 9.59 Å². The maximum Gasteiger partial charge on any atom is 0.335 e. The summed E-state index contributed by atoms with van der Waals surface area (Å²) in [5.74, 6) is -1.67. The first-order valence-corrected chi connectivity index (χ1v) is 5.28. The lowest BCUT2D eigenvalue weighted by atomic mass is 10.1. The van der Waals surface area contributed by atoms with Gasteiger partial charge in [-0.05, 0) is 30.7 Å². The zero-order chi connectivity index (χ0) is 13.7. The fraction of sp³-hybridized carbons (Fsp3) is 0.250. The Bertz CT molecular complexity index is 497. The van der Waals surface area contributed by atoms with Crippen LogP contribution in [0.4, 0.5) is 5.69 Å². The number of anilines is 1. The Balaban J connectivity index is 2.70. The van der Waals surface area contributed by atoms with Gasteiger partial charge in [0.1, 0.15) is 0 Å². The number of amides is 2. The lowest BCUT2D eigenvalue weighted by Crippen LogP contribution is -2.31. The van der Waals surface area contributed by atoms with Crippen molar-refractivity contribution in [1.29, 1.82) is 0 Å². The number of carbonyl (C=O) groups is 3. The van der Waals surface area contributed by atoms with E-state index in [1.807, 2.05) is 0 Å². The maximum atomic E-state index is 11.4. The monoisotopic (exact) mass is 250 g/mol. The van der Waals surface area contributed by atoms with Crippen LogP contribution < -0.4 is 10.6 Å². The van der Waals surface area contributed by atoms with Crippen molar-refractivity contribution in [1.82, 2.24) is 5.32 Å². The predicted octanol–water partition coefficient (Wildman–Crippen LogP) is 0.768. The van der Waals surface area contributed by atoms with E-state index in [9.17, 15) is 14.4 Å². The molecule has 0 atom stereocenters. The number of hydrogen-bond donors (Lipinski definition) is 3. The second kappa shape index (κ2) is 5.81. The summed E-state index contributed by atoms with van der Waals surface area (Å²) in [4.78, 5) is 32.8. The number of rotatable bonds is 4. The van der Waals surface area contributed by atoms with Gasteiger partial charge in [0, 0.05) is 12.6 Å². The van der Waals surface area contributed by atoms with Gasteiger partial charge in [-0.15, -0.1) is 0 Å². The summed E-state index contributed by atoms with van der Waals surface area (Å²) >= 11 is 0. The van der Waals surface area contributed by atoms with Crippen LogP contribution in [-0.4, -0.2) is 29.4 Å². The Morgan fingerprint density at radius 1 is 1.28 bits per heavy atom. The molecule has 1 rings (SSSR count). The zero-order valence-corrected chi connectivity index (χ0v) is 10.1. The molecule has 2 amide bonds. The Morgan fingerprint density at radius 3 is 2.44 bits per heavy atom. The van der Waals surface area contributed by atoms with Crippen LogP contribution >= 0.6 is 0 Å². The maximum absolute atomic E-state index is 11.4. The molecule has 0 bridgehead atoms. The average molecular weight is 250 g/mol. The van der Waals surface area contributed by atoms with Crippen molar-refractivity contribution in [2.24, 2.45) is 0 Å². The van der Waals surface area contributed by atoms with Gasteiger partial charge in [0.25, 0.3) is 0 Å². The molecule has 0 heterocycles. The van der Waals surface area contributed by atoms with Gasteiger partial charge >= 0.3 is 5.97 Å². The number of carbonyl (C=O) groups excluding carboxylic acids is 2. The summed E-state index contributed by atoms with van der Waals surface area (Å²) in [6.45, 7) is 2.90. The topological polar surface area (TPSA) is 95.5 Å². The number of carboxylic acids is 1. The zero-order valence-electron chi connectivity index (χ0n) is 10.1. The van der Waals surface area contributed by atoms with Crippen molar-refractivity contribution in [3.8, 4) is 0 Å². The van der Waals surface area contributed by atoms with Gasteiger partial charge in [-0.2, -0.15) is 0 Å². The minimum atomic E-state index is -1.02. The van der Waals surface area contributed by atoms with E-state index in [4.69, 9.17) is 5.11 Å². The molecule has 96 valence electrons. The van der Waals surface area contributed by atoms with Gasteiger partial charge in [0.2, 0.25) is 11.8 Å². The molecule has 0 fully saturated rings. The minimum Gasteiger partial charge on any atom is -0.478 e. The van der Waals surface area contributed by atoms with E-state index in [2.05, 4.69) is 10.6 Å². The van der Waals surface area contributed by atoms with Crippen molar-refractivity contribution in [2.45, 2.75) is 13.8 Å². The van der Waals surface area contributed by atoms with E-state index >= 15 is 0 Å². The highest BCUT2D eigenvalue weighted by molar-refractivity contribution is 5.95. The number of aryl methyl sites for hydroxylation is 1. The van der Waals surface area contributed by atoms with Gasteiger partial charge in [0.15, 0.2) is 0 Å². The van der Waals surface area contributed by atoms with E-state index in [0.717, 1.165) is 0 Å². The highest BCUT2D eigenvalue weighted by Gasteiger charge is 2.08. The molecule has 0 aliphatic rings. The first kappa shape index (κ1) is 13.7. The molecule has 0 saturated carbocycles. The van der Waals surface area contributed by atoms with Gasteiger partial charge in [-0.1, -0.05) is 0 Å². The lowest BCUT2D eigenvalue weighted by Gasteiger charge is -2.09. The van der Waals surface area contributed by atoms with E-state index in [1.165, 1.54) is 25.1 Å². The molecule has 0 aromatic heterocycles. The summed E-state index contributed by atoms with van der Waals surface area (Å²) in [6, 6.07) is 4.39. The average Bonchev–Trinajstić information content (AvgIpc) is 2.29. The number of nitrogens with one attached hydrogen (secondary N) is 2. The van der Waals surface area contributed by atoms with Crippen LogP contribution in [-0.2, 0) is 9.59 Å². The van der Waals surface area contributed by atoms with Crippen molar-refractivity contribution >= 4 is 23.5 Å². The molecule has 6 heteroatoms. The smallest absolute Gasteiger partial charge is 0.335 e. The van der Waals surface area contributed by atoms with E-state index in [0.29, 0.717) is 11.3 Å². The molecule has 3 N–H and O–H groups in total. The first-order chi connectivity index (χ1) is 8.40. The molecule has 0 unspecified atom stereocenters.